The molecule has 0 saturated heterocycles. The Kier molecular flexibility index (Phi) is 4.97. The first-order chi connectivity index (χ1) is 8.08. The molecule has 2 N–H and O–H groups in total. The van der Waals surface area contributed by atoms with Crippen molar-refractivity contribution >= 4 is 5.91 Å². The molecule has 0 aliphatic rings. The fraction of sp³-hybridized carbons (Fsp3) is 0.462. The molecule has 0 aliphatic heterocycles. The Morgan fingerprint density at radius 3 is 2.65 bits per heavy atom. The number of carbonyl (C=O) groups is 1. The van der Waals surface area contributed by atoms with Gasteiger partial charge in [-0.25, -0.2) is 0 Å². The van der Waals surface area contributed by atoms with Gasteiger partial charge in [-0.3, -0.25) is 4.79 Å². The number of ether oxygens (including phenoxy) is 1. The molecule has 1 aromatic carbocycles. The number of carbonyl (C=O) groups excluding carboxylic acids is 1. The van der Waals surface area contributed by atoms with Crippen molar-refractivity contribution in [2.24, 2.45) is 0 Å². The van der Waals surface area contributed by atoms with Gasteiger partial charge in [0.05, 0.1) is 13.7 Å². The van der Waals surface area contributed by atoms with Crippen molar-refractivity contribution in [3.8, 4) is 5.75 Å². The second kappa shape index (κ2) is 6.25. The zero-order valence-corrected chi connectivity index (χ0v) is 10.9. The Morgan fingerprint density at radius 2 is 2.06 bits per heavy atom. The van der Waals surface area contributed by atoms with E-state index in [-0.39, 0.29) is 5.91 Å². The van der Waals surface area contributed by atoms with Crippen LogP contribution in [-0.4, -0.2) is 26.6 Å². The number of aryl methyl sites for hydroxylation is 2. The van der Waals surface area contributed by atoms with Crippen LogP contribution in [0.15, 0.2) is 12.1 Å². The lowest BCUT2D eigenvalue weighted by atomic mass is 10.1. The van der Waals surface area contributed by atoms with Gasteiger partial charge in [0.25, 0.3) is 0 Å². The summed E-state index contributed by atoms with van der Waals surface area (Å²) >= 11 is 0. The zero-order chi connectivity index (χ0) is 12.8. The predicted octanol–water partition coefficient (Wildman–Crippen LogP) is 1.15. The summed E-state index contributed by atoms with van der Waals surface area (Å²) in [6, 6.07) is 4.10. The van der Waals surface area contributed by atoms with Crippen LogP contribution in [0.25, 0.3) is 0 Å². The minimum absolute atomic E-state index is 0.0197. The Morgan fingerprint density at radius 1 is 1.35 bits per heavy atom. The van der Waals surface area contributed by atoms with Crippen LogP contribution in [0.4, 0.5) is 0 Å². The van der Waals surface area contributed by atoms with Gasteiger partial charge in [0.2, 0.25) is 5.91 Å². The fourth-order valence-electron chi connectivity index (χ4n) is 1.88. The van der Waals surface area contributed by atoms with Crippen molar-refractivity contribution in [3.05, 3.63) is 28.8 Å². The SMILES string of the molecule is CNCC(=O)NCc1cc(C)cc(C)c1OC. The number of hydrogen-bond donors (Lipinski definition) is 2. The summed E-state index contributed by atoms with van der Waals surface area (Å²) in [5, 5.41) is 5.66. The van der Waals surface area contributed by atoms with E-state index in [1.54, 1.807) is 14.2 Å². The third-order valence-electron chi connectivity index (χ3n) is 2.51. The third-order valence-corrected chi connectivity index (χ3v) is 2.51. The van der Waals surface area contributed by atoms with Gasteiger partial charge in [0.15, 0.2) is 0 Å². The molecule has 0 saturated carbocycles. The molecule has 0 radical (unpaired) electrons. The molecule has 0 heterocycles. The van der Waals surface area contributed by atoms with Crippen LogP contribution >= 0.6 is 0 Å². The van der Waals surface area contributed by atoms with Crippen molar-refractivity contribution in [1.82, 2.24) is 10.6 Å². The van der Waals surface area contributed by atoms with Crippen LogP contribution in [0.3, 0.4) is 0 Å². The molecule has 1 rings (SSSR count). The van der Waals surface area contributed by atoms with Gasteiger partial charge in [-0.2, -0.15) is 0 Å². The molecule has 0 bridgehead atoms. The molecule has 0 unspecified atom stereocenters. The molecule has 4 heteroatoms. The van der Waals surface area contributed by atoms with E-state index in [0.29, 0.717) is 13.1 Å². The Labute approximate surface area is 102 Å². The van der Waals surface area contributed by atoms with Crippen molar-refractivity contribution in [2.45, 2.75) is 20.4 Å². The largest absolute Gasteiger partial charge is 0.496 e. The van der Waals surface area contributed by atoms with Gasteiger partial charge in [0, 0.05) is 12.1 Å². The normalized spacial score (nSPS) is 10.1. The Balaban J connectivity index is 2.79. The quantitative estimate of drug-likeness (QED) is 0.806. The van der Waals surface area contributed by atoms with E-state index in [9.17, 15) is 4.79 Å². The van der Waals surface area contributed by atoms with Crippen molar-refractivity contribution in [3.63, 3.8) is 0 Å². The molecular formula is C13H20N2O2. The third kappa shape index (κ3) is 3.75. The highest BCUT2D eigenvalue weighted by molar-refractivity contribution is 5.78. The summed E-state index contributed by atoms with van der Waals surface area (Å²) in [6.07, 6.45) is 0. The van der Waals surface area contributed by atoms with Gasteiger partial charge in [0.1, 0.15) is 5.75 Å². The summed E-state index contributed by atoms with van der Waals surface area (Å²) in [5.74, 6) is 0.828. The summed E-state index contributed by atoms with van der Waals surface area (Å²) in [7, 11) is 3.40. The first kappa shape index (κ1) is 13.5. The zero-order valence-electron chi connectivity index (χ0n) is 10.9. The average molecular weight is 236 g/mol. The smallest absolute Gasteiger partial charge is 0.234 e. The molecule has 0 spiro atoms. The van der Waals surface area contributed by atoms with E-state index < -0.39 is 0 Å². The average Bonchev–Trinajstić information content (AvgIpc) is 2.26. The number of likely N-dealkylation sites (N-methyl/N-ethyl adjacent to an activating group) is 1. The molecule has 0 aliphatic carbocycles. The highest BCUT2D eigenvalue weighted by atomic mass is 16.5. The molecular weight excluding hydrogens is 216 g/mol. The van der Waals surface area contributed by atoms with Gasteiger partial charge in [-0.05, 0) is 26.5 Å². The first-order valence-electron chi connectivity index (χ1n) is 5.64. The lowest BCUT2D eigenvalue weighted by molar-refractivity contribution is -0.120. The predicted molar refractivity (Wildman–Crippen MR) is 68.2 cm³/mol. The minimum atomic E-state index is -0.0197. The van der Waals surface area contributed by atoms with Crippen LogP contribution in [0.5, 0.6) is 5.75 Å². The van der Waals surface area contributed by atoms with Crippen molar-refractivity contribution < 1.29 is 9.53 Å². The molecule has 1 amide bonds. The highest BCUT2D eigenvalue weighted by Crippen LogP contribution is 2.24. The Bertz CT molecular complexity index is 403. The molecule has 17 heavy (non-hydrogen) atoms. The molecule has 0 aromatic heterocycles. The molecule has 94 valence electrons. The van der Waals surface area contributed by atoms with Gasteiger partial charge in [-0.15, -0.1) is 0 Å². The number of amides is 1. The highest BCUT2D eigenvalue weighted by Gasteiger charge is 2.08. The molecule has 0 fully saturated rings. The van der Waals surface area contributed by atoms with E-state index in [2.05, 4.69) is 16.7 Å². The van der Waals surface area contributed by atoms with Gasteiger partial charge in [-0.1, -0.05) is 17.7 Å². The number of hydrogen-bond acceptors (Lipinski definition) is 3. The monoisotopic (exact) mass is 236 g/mol. The minimum Gasteiger partial charge on any atom is -0.496 e. The summed E-state index contributed by atoms with van der Waals surface area (Å²) in [6.45, 7) is 4.86. The number of rotatable bonds is 5. The summed E-state index contributed by atoms with van der Waals surface area (Å²) in [5.41, 5.74) is 3.26. The standard InChI is InChI=1S/C13H20N2O2/c1-9-5-10(2)13(17-4)11(6-9)7-15-12(16)8-14-3/h5-6,14H,7-8H2,1-4H3,(H,15,16). The second-order valence-electron chi connectivity index (χ2n) is 4.08. The summed E-state index contributed by atoms with van der Waals surface area (Å²) < 4.78 is 5.36. The Hall–Kier alpha value is -1.55. The van der Waals surface area contributed by atoms with E-state index in [0.717, 1.165) is 16.9 Å². The van der Waals surface area contributed by atoms with Crippen LogP contribution in [0.2, 0.25) is 0 Å². The summed E-state index contributed by atoms with van der Waals surface area (Å²) in [4.78, 5) is 11.4. The van der Waals surface area contributed by atoms with Crippen LogP contribution in [0, 0.1) is 13.8 Å². The first-order valence-corrected chi connectivity index (χ1v) is 5.64. The van der Waals surface area contributed by atoms with Gasteiger partial charge >= 0.3 is 0 Å². The lowest BCUT2D eigenvalue weighted by Gasteiger charge is -2.13. The maximum atomic E-state index is 11.4. The lowest BCUT2D eigenvalue weighted by Crippen LogP contribution is -2.31. The second-order valence-corrected chi connectivity index (χ2v) is 4.08. The molecule has 0 atom stereocenters. The van der Waals surface area contributed by atoms with Gasteiger partial charge < -0.3 is 15.4 Å². The number of benzene rings is 1. The van der Waals surface area contributed by atoms with Crippen LogP contribution in [-0.2, 0) is 11.3 Å². The maximum absolute atomic E-state index is 11.4. The van der Waals surface area contributed by atoms with E-state index in [1.807, 2.05) is 19.9 Å². The number of nitrogens with one attached hydrogen (secondary N) is 2. The number of methoxy groups -OCH3 is 1. The van der Waals surface area contributed by atoms with Crippen LogP contribution in [0.1, 0.15) is 16.7 Å². The topological polar surface area (TPSA) is 50.4 Å². The molecule has 4 nitrogen and oxygen atoms in total. The van der Waals surface area contributed by atoms with Crippen LogP contribution < -0.4 is 15.4 Å². The van der Waals surface area contributed by atoms with E-state index in [1.165, 1.54) is 5.56 Å². The van der Waals surface area contributed by atoms with E-state index >= 15 is 0 Å². The molecule has 1 aromatic rings. The maximum Gasteiger partial charge on any atom is 0.234 e. The van der Waals surface area contributed by atoms with E-state index in [4.69, 9.17) is 4.74 Å². The van der Waals surface area contributed by atoms with Crippen molar-refractivity contribution in [1.29, 1.82) is 0 Å². The fourth-order valence-corrected chi connectivity index (χ4v) is 1.88. The van der Waals surface area contributed by atoms with Crippen molar-refractivity contribution in [2.75, 3.05) is 20.7 Å².